The summed E-state index contributed by atoms with van der Waals surface area (Å²) < 4.78 is 0. The highest BCUT2D eigenvalue weighted by Gasteiger charge is 2.32. The van der Waals surface area contributed by atoms with E-state index < -0.39 is 5.91 Å². The molecule has 92 valence electrons. The Labute approximate surface area is 95.9 Å². The Morgan fingerprint density at radius 2 is 1.81 bits per heavy atom. The van der Waals surface area contributed by atoms with E-state index in [2.05, 4.69) is 5.32 Å². The molecule has 5 N–H and O–H groups in total. The molecule has 5 heteroatoms. The van der Waals surface area contributed by atoms with E-state index in [1.54, 1.807) is 0 Å². The first-order valence-corrected chi connectivity index (χ1v) is 5.83. The van der Waals surface area contributed by atoms with Crippen LogP contribution in [0.2, 0.25) is 0 Å². The SMILES string of the molecule is NCC1(CC(=O)NCC(N)=O)CCCCC1. The van der Waals surface area contributed by atoms with E-state index in [0.29, 0.717) is 13.0 Å². The van der Waals surface area contributed by atoms with Gasteiger partial charge in [0.1, 0.15) is 0 Å². The van der Waals surface area contributed by atoms with Crippen LogP contribution in [-0.2, 0) is 9.59 Å². The van der Waals surface area contributed by atoms with Gasteiger partial charge in [-0.3, -0.25) is 9.59 Å². The average molecular weight is 227 g/mol. The van der Waals surface area contributed by atoms with Crippen LogP contribution in [0.25, 0.3) is 0 Å². The number of nitrogens with two attached hydrogens (primary N) is 2. The maximum atomic E-state index is 11.6. The second-order valence-electron chi connectivity index (χ2n) is 4.68. The zero-order valence-corrected chi connectivity index (χ0v) is 9.63. The highest BCUT2D eigenvalue weighted by molar-refractivity contribution is 5.83. The molecule has 0 spiro atoms. The fourth-order valence-electron chi connectivity index (χ4n) is 2.34. The lowest BCUT2D eigenvalue weighted by Crippen LogP contribution is -2.40. The molecule has 2 amide bonds. The first kappa shape index (κ1) is 13.0. The molecule has 0 radical (unpaired) electrons. The van der Waals surface area contributed by atoms with Crippen LogP contribution in [-0.4, -0.2) is 24.9 Å². The van der Waals surface area contributed by atoms with Crippen LogP contribution in [0.4, 0.5) is 0 Å². The molecule has 0 saturated heterocycles. The van der Waals surface area contributed by atoms with Gasteiger partial charge in [-0.1, -0.05) is 19.3 Å². The van der Waals surface area contributed by atoms with Crippen LogP contribution in [0, 0.1) is 5.41 Å². The Balaban J connectivity index is 2.42. The van der Waals surface area contributed by atoms with E-state index in [1.807, 2.05) is 0 Å². The molecule has 1 aliphatic carbocycles. The molecule has 5 nitrogen and oxygen atoms in total. The van der Waals surface area contributed by atoms with Crippen molar-refractivity contribution in [2.45, 2.75) is 38.5 Å². The Bertz CT molecular complexity index is 260. The molecule has 0 unspecified atom stereocenters. The second kappa shape index (κ2) is 5.84. The highest BCUT2D eigenvalue weighted by Crippen LogP contribution is 2.38. The molecule has 1 fully saturated rings. The standard InChI is InChI=1S/C11H21N3O2/c12-8-11(4-2-1-3-5-11)6-10(16)14-7-9(13)15/h1-8,12H2,(H2,13,15)(H,14,16). The molecule has 1 saturated carbocycles. The summed E-state index contributed by atoms with van der Waals surface area (Å²) in [7, 11) is 0. The third-order valence-corrected chi connectivity index (χ3v) is 3.34. The largest absolute Gasteiger partial charge is 0.368 e. The van der Waals surface area contributed by atoms with Crippen molar-refractivity contribution < 1.29 is 9.59 Å². The second-order valence-corrected chi connectivity index (χ2v) is 4.68. The van der Waals surface area contributed by atoms with Crippen molar-refractivity contribution >= 4 is 11.8 Å². The molecule has 1 rings (SSSR count). The predicted molar refractivity (Wildman–Crippen MR) is 61.4 cm³/mol. The van der Waals surface area contributed by atoms with Gasteiger partial charge in [0.15, 0.2) is 0 Å². The van der Waals surface area contributed by atoms with Gasteiger partial charge in [-0.2, -0.15) is 0 Å². The summed E-state index contributed by atoms with van der Waals surface area (Å²) in [6.07, 6.45) is 5.93. The quantitative estimate of drug-likeness (QED) is 0.611. The first-order valence-electron chi connectivity index (χ1n) is 5.83. The Kier molecular flexibility index (Phi) is 4.73. The normalized spacial score (nSPS) is 19.1. The molecule has 0 aromatic rings. The summed E-state index contributed by atoms with van der Waals surface area (Å²) >= 11 is 0. The van der Waals surface area contributed by atoms with Crippen LogP contribution >= 0.6 is 0 Å². The Morgan fingerprint density at radius 1 is 1.19 bits per heavy atom. The summed E-state index contributed by atoms with van der Waals surface area (Å²) in [6, 6.07) is 0. The lowest BCUT2D eigenvalue weighted by molar-refractivity contribution is -0.126. The summed E-state index contributed by atoms with van der Waals surface area (Å²) in [5, 5.41) is 2.52. The minimum Gasteiger partial charge on any atom is -0.368 e. The van der Waals surface area contributed by atoms with E-state index in [0.717, 1.165) is 25.7 Å². The van der Waals surface area contributed by atoms with Gasteiger partial charge in [-0.15, -0.1) is 0 Å². The van der Waals surface area contributed by atoms with Gasteiger partial charge in [0.25, 0.3) is 0 Å². The molecular weight excluding hydrogens is 206 g/mol. The van der Waals surface area contributed by atoms with Crippen molar-refractivity contribution in [2.75, 3.05) is 13.1 Å². The molecular formula is C11H21N3O2. The van der Waals surface area contributed by atoms with Gasteiger partial charge in [0, 0.05) is 6.42 Å². The fraction of sp³-hybridized carbons (Fsp3) is 0.818. The summed E-state index contributed by atoms with van der Waals surface area (Å²) in [4.78, 5) is 22.1. The zero-order chi connectivity index (χ0) is 12.0. The minimum atomic E-state index is -0.515. The number of primary amides is 1. The molecule has 16 heavy (non-hydrogen) atoms. The van der Waals surface area contributed by atoms with E-state index >= 15 is 0 Å². The molecule has 0 aromatic carbocycles. The lowest BCUT2D eigenvalue weighted by atomic mass is 9.71. The smallest absolute Gasteiger partial charge is 0.236 e. The molecule has 0 bridgehead atoms. The van der Waals surface area contributed by atoms with E-state index in [-0.39, 0.29) is 17.9 Å². The van der Waals surface area contributed by atoms with Crippen LogP contribution in [0.5, 0.6) is 0 Å². The van der Waals surface area contributed by atoms with E-state index in [4.69, 9.17) is 11.5 Å². The topological polar surface area (TPSA) is 98.2 Å². The number of hydrogen-bond acceptors (Lipinski definition) is 3. The van der Waals surface area contributed by atoms with Crippen molar-refractivity contribution in [1.29, 1.82) is 0 Å². The van der Waals surface area contributed by atoms with Crippen molar-refractivity contribution in [1.82, 2.24) is 5.32 Å². The fourth-order valence-corrected chi connectivity index (χ4v) is 2.34. The highest BCUT2D eigenvalue weighted by atomic mass is 16.2. The van der Waals surface area contributed by atoms with Gasteiger partial charge in [0.2, 0.25) is 11.8 Å². The lowest BCUT2D eigenvalue weighted by Gasteiger charge is -2.35. The summed E-state index contributed by atoms with van der Waals surface area (Å²) in [5.41, 5.74) is 10.7. The van der Waals surface area contributed by atoms with Gasteiger partial charge >= 0.3 is 0 Å². The first-order chi connectivity index (χ1) is 7.58. The molecule has 0 atom stereocenters. The number of amides is 2. The number of carbonyl (C=O) groups excluding carboxylic acids is 2. The van der Waals surface area contributed by atoms with Crippen molar-refractivity contribution in [3.8, 4) is 0 Å². The molecule has 0 aromatic heterocycles. The number of rotatable bonds is 5. The van der Waals surface area contributed by atoms with Crippen molar-refractivity contribution in [3.63, 3.8) is 0 Å². The average Bonchev–Trinajstić information content (AvgIpc) is 2.28. The maximum Gasteiger partial charge on any atom is 0.236 e. The van der Waals surface area contributed by atoms with Gasteiger partial charge < -0.3 is 16.8 Å². The Hall–Kier alpha value is -1.10. The van der Waals surface area contributed by atoms with Crippen LogP contribution < -0.4 is 16.8 Å². The summed E-state index contributed by atoms with van der Waals surface area (Å²) in [6.45, 7) is 0.455. The number of hydrogen-bond donors (Lipinski definition) is 3. The Morgan fingerprint density at radius 3 is 2.31 bits per heavy atom. The summed E-state index contributed by atoms with van der Waals surface area (Å²) in [5.74, 6) is -0.634. The monoisotopic (exact) mass is 227 g/mol. The van der Waals surface area contributed by atoms with Crippen LogP contribution in [0.15, 0.2) is 0 Å². The van der Waals surface area contributed by atoms with Gasteiger partial charge in [-0.25, -0.2) is 0 Å². The molecule has 0 heterocycles. The van der Waals surface area contributed by atoms with Crippen LogP contribution in [0.1, 0.15) is 38.5 Å². The van der Waals surface area contributed by atoms with E-state index in [1.165, 1.54) is 6.42 Å². The number of nitrogens with one attached hydrogen (secondary N) is 1. The van der Waals surface area contributed by atoms with Gasteiger partial charge in [-0.05, 0) is 24.8 Å². The number of carbonyl (C=O) groups is 2. The zero-order valence-electron chi connectivity index (χ0n) is 9.63. The molecule has 0 aliphatic heterocycles. The molecule has 1 aliphatic rings. The van der Waals surface area contributed by atoms with Gasteiger partial charge in [0.05, 0.1) is 6.54 Å². The third-order valence-electron chi connectivity index (χ3n) is 3.34. The maximum absolute atomic E-state index is 11.6. The van der Waals surface area contributed by atoms with Crippen molar-refractivity contribution in [3.05, 3.63) is 0 Å². The van der Waals surface area contributed by atoms with Crippen LogP contribution in [0.3, 0.4) is 0 Å². The minimum absolute atomic E-state index is 0.0556. The van der Waals surface area contributed by atoms with Crippen molar-refractivity contribution in [2.24, 2.45) is 16.9 Å². The van der Waals surface area contributed by atoms with E-state index in [9.17, 15) is 9.59 Å². The predicted octanol–water partition coefficient (Wildman–Crippen LogP) is -0.113. The third kappa shape index (κ3) is 3.81.